The smallest absolute Gasteiger partial charge is 0.287 e. The third-order valence-electron chi connectivity index (χ3n) is 2.33. The highest BCUT2D eigenvalue weighted by Gasteiger charge is 2.24. The second-order valence-electron chi connectivity index (χ2n) is 3.80. The van der Waals surface area contributed by atoms with Gasteiger partial charge in [-0.3, -0.25) is 23.7 Å². The van der Waals surface area contributed by atoms with Gasteiger partial charge in [0.15, 0.2) is 0 Å². The van der Waals surface area contributed by atoms with Crippen molar-refractivity contribution in [1.29, 1.82) is 0 Å². The van der Waals surface area contributed by atoms with E-state index in [1.54, 1.807) is 32.0 Å². The van der Waals surface area contributed by atoms with E-state index in [0.717, 1.165) is 0 Å². The summed E-state index contributed by atoms with van der Waals surface area (Å²) in [7, 11) is -3.56. The lowest BCUT2D eigenvalue weighted by molar-refractivity contribution is -0.385. The van der Waals surface area contributed by atoms with Crippen molar-refractivity contribution >= 4 is 19.6 Å². The fourth-order valence-electron chi connectivity index (χ4n) is 1.53. The highest BCUT2D eigenvalue weighted by Crippen LogP contribution is 2.49. The first kappa shape index (κ1) is 17.5. The lowest BCUT2D eigenvalue weighted by Gasteiger charge is -2.14. The van der Waals surface area contributed by atoms with Crippen molar-refractivity contribution in [1.82, 2.24) is 0 Å². The standard InChI is InChI=1S/C13H18NO6P/c1-3-18-21(17,19-4-2)20-11-7-9-12-8-5-6-10-13(12)14(15)16/h5-10H,3-4,11H2,1-2H3/b9-7+. The first-order valence-electron chi connectivity index (χ1n) is 6.46. The summed E-state index contributed by atoms with van der Waals surface area (Å²) in [4.78, 5) is 10.4. The molecule has 1 rings (SSSR count). The quantitative estimate of drug-likeness (QED) is 0.391. The number of nitro benzene ring substituents is 1. The Balaban J connectivity index is 2.67. The second kappa shape index (κ2) is 8.69. The zero-order chi connectivity index (χ0) is 15.7. The summed E-state index contributed by atoms with van der Waals surface area (Å²) in [5.74, 6) is 0. The molecule has 116 valence electrons. The maximum Gasteiger partial charge on any atom is 0.475 e. The number of rotatable bonds is 9. The monoisotopic (exact) mass is 315 g/mol. The van der Waals surface area contributed by atoms with Crippen LogP contribution in [-0.2, 0) is 18.1 Å². The molecule has 0 saturated carbocycles. The third kappa shape index (κ3) is 5.77. The molecule has 0 N–H and O–H groups in total. The zero-order valence-electron chi connectivity index (χ0n) is 11.9. The SMILES string of the molecule is CCOP(=O)(OCC)OC/C=C/c1ccccc1[N+](=O)[O-]. The van der Waals surface area contributed by atoms with Crippen LogP contribution in [0, 0.1) is 10.1 Å². The fourth-order valence-corrected chi connectivity index (χ4v) is 2.66. The summed E-state index contributed by atoms with van der Waals surface area (Å²) in [6, 6.07) is 6.30. The van der Waals surface area contributed by atoms with Gasteiger partial charge in [-0.1, -0.05) is 18.2 Å². The van der Waals surface area contributed by atoms with Crippen LogP contribution in [0.1, 0.15) is 19.4 Å². The Bertz CT molecular complexity index is 535. The van der Waals surface area contributed by atoms with Gasteiger partial charge in [-0.05, 0) is 26.0 Å². The Labute approximate surface area is 123 Å². The van der Waals surface area contributed by atoms with Crippen LogP contribution in [0.3, 0.4) is 0 Å². The van der Waals surface area contributed by atoms with Gasteiger partial charge in [0, 0.05) is 6.07 Å². The zero-order valence-corrected chi connectivity index (χ0v) is 12.8. The summed E-state index contributed by atoms with van der Waals surface area (Å²) >= 11 is 0. The first-order chi connectivity index (χ1) is 10.0. The molecule has 0 aliphatic heterocycles. The molecule has 0 aromatic heterocycles. The predicted octanol–water partition coefficient (Wildman–Crippen LogP) is 3.81. The molecule has 0 atom stereocenters. The van der Waals surface area contributed by atoms with Crippen molar-refractivity contribution in [2.24, 2.45) is 0 Å². The molecule has 0 aliphatic rings. The van der Waals surface area contributed by atoms with Crippen LogP contribution in [0.2, 0.25) is 0 Å². The van der Waals surface area contributed by atoms with Crippen molar-refractivity contribution in [3.05, 3.63) is 46.0 Å². The Kier molecular flexibility index (Phi) is 7.25. The van der Waals surface area contributed by atoms with Crippen molar-refractivity contribution in [2.75, 3.05) is 19.8 Å². The largest absolute Gasteiger partial charge is 0.475 e. The number of phosphoric ester groups is 1. The van der Waals surface area contributed by atoms with Crippen LogP contribution in [0.25, 0.3) is 6.08 Å². The lowest BCUT2D eigenvalue weighted by atomic mass is 10.1. The fraction of sp³-hybridized carbons (Fsp3) is 0.385. The van der Waals surface area contributed by atoms with Crippen molar-refractivity contribution in [3.63, 3.8) is 0 Å². The van der Waals surface area contributed by atoms with Crippen LogP contribution in [0.4, 0.5) is 5.69 Å². The van der Waals surface area contributed by atoms with Crippen molar-refractivity contribution < 1.29 is 23.1 Å². The average molecular weight is 315 g/mol. The molecule has 0 unspecified atom stereocenters. The minimum atomic E-state index is -3.56. The van der Waals surface area contributed by atoms with Crippen molar-refractivity contribution in [2.45, 2.75) is 13.8 Å². The molecule has 0 bridgehead atoms. The van der Waals surface area contributed by atoms with E-state index in [2.05, 4.69) is 0 Å². The molecule has 0 spiro atoms. The van der Waals surface area contributed by atoms with E-state index in [9.17, 15) is 14.7 Å². The molecular weight excluding hydrogens is 297 g/mol. The number of hydrogen-bond acceptors (Lipinski definition) is 6. The molecule has 0 radical (unpaired) electrons. The topological polar surface area (TPSA) is 87.9 Å². The minimum Gasteiger partial charge on any atom is -0.287 e. The Morgan fingerprint density at radius 1 is 1.19 bits per heavy atom. The van der Waals surface area contributed by atoms with Gasteiger partial charge in [-0.25, -0.2) is 4.57 Å². The van der Waals surface area contributed by atoms with E-state index in [-0.39, 0.29) is 25.5 Å². The molecule has 0 aliphatic carbocycles. The van der Waals surface area contributed by atoms with E-state index >= 15 is 0 Å². The van der Waals surface area contributed by atoms with E-state index < -0.39 is 12.7 Å². The molecular formula is C13H18NO6P. The number of benzene rings is 1. The van der Waals surface area contributed by atoms with Crippen molar-refractivity contribution in [3.8, 4) is 0 Å². The van der Waals surface area contributed by atoms with Crippen LogP contribution >= 0.6 is 7.82 Å². The summed E-state index contributed by atoms with van der Waals surface area (Å²) in [6.45, 7) is 3.72. The molecule has 0 saturated heterocycles. The summed E-state index contributed by atoms with van der Waals surface area (Å²) in [5.41, 5.74) is 0.431. The summed E-state index contributed by atoms with van der Waals surface area (Å²) in [6.07, 6.45) is 3.05. The van der Waals surface area contributed by atoms with Crippen LogP contribution in [-0.4, -0.2) is 24.7 Å². The number of nitro groups is 1. The van der Waals surface area contributed by atoms with Gasteiger partial charge in [0.1, 0.15) is 0 Å². The van der Waals surface area contributed by atoms with Crippen LogP contribution in [0.5, 0.6) is 0 Å². The molecule has 21 heavy (non-hydrogen) atoms. The average Bonchev–Trinajstić information content (AvgIpc) is 2.44. The van der Waals surface area contributed by atoms with Crippen LogP contribution < -0.4 is 0 Å². The van der Waals surface area contributed by atoms with Gasteiger partial charge in [-0.2, -0.15) is 0 Å². The number of phosphoric acid groups is 1. The second-order valence-corrected chi connectivity index (χ2v) is 5.47. The predicted molar refractivity (Wildman–Crippen MR) is 78.9 cm³/mol. The third-order valence-corrected chi connectivity index (χ3v) is 3.95. The lowest BCUT2D eigenvalue weighted by Crippen LogP contribution is -2.00. The van der Waals surface area contributed by atoms with E-state index in [0.29, 0.717) is 5.56 Å². The normalized spacial score (nSPS) is 11.9. The maximum atomic E-state index is 12.0. The Hall–Kier alpha value is -1.53. The van der Waals surface area contributed by atoms with Gasteiger partial charge < -0.3 is 0 Å². The molecule has 7 nitrogen and oxygen atoms in total. The van der Waals surface area contributed by atoms with Gasteiger partial charge >= 0.3 is 7.82 Å². The summed E-state index contributed by atoms with van der Waals surface area (Å²) < 4.78 is 27.0. The Morgan fingerprint density at radius 3 is 2.38 bits per heavy atom. The molecule has 1 aromatic carbocycles. The van der Waals surface area contributed by atoms with E-state index in [1.807, 2.05) is 0 Å². The van der Waals surface area contributed by atoms with Crippen LogP contribution in [0.15, 0.2) is 30.3 Å². The highest BCUT2D eigenvalue weighted by molar-refractivity contribution is 7.48. The van der Waals surface area contributed by atoms with Gasteiger partial charge in [-0.15, -0.1) is 0 Å². The molecule has 8 heteroatoms. The number of nitrogens with zero attached hydrogens (tertiary/aromatic N) is 1. The van der Waals surface area contributed by atoms with Gasteiger partial charge in [0.05, 0.1) is 30.3 Å². The van der Waals surface area contributed by atoms with Gasteiger partial charge in [0.2, 0.25) is 0 Å². The minimum absolute atomic E-state index is 0.00782. The Morgan fingerprint density at radius 2 is 1.81 bits per heavy atom. The first-order valence-corrected chi connectivity index (χ1v) is 7.92. The summed E-state index contributed by atoms with van der Waals surface area (Å²) in [5, 5.41) is 10.8. The van der Waals surface area contributed by atoms with E-state index in [1.165, 1.54) is 18.2 Å². The number of hydrogen-bond donors (Lipinski definition) is 0. The van der Waals surface area contributed by atoms with E-state index in [4.69, 9.17) is 13.6 Å². The molecule has 1 aromatic rings. The molecule has 0 amide bonds. The maximum absolute atomic E-state index is 12.0. The number of para-hydroxylation sites is 1. The molecule has 0 heterocycles. The van der Waals surface area contributed by atoms with Gasteiger partial charge in [0.25, 0.3) is 5.69 Å². The highest BCUT2D eigenvalue weighted by atomic mass is 31.2. The molecule has 0 fully saturated rings.